The molecule has 4 heteroatoms. The summed E-state index contributed by atoms with van der Waals surface area (Å²) in [5.74, 6) is 0. The van der Waals surface area contributed by atoms with Gasteiger partial charge in [0.25, 0.3) is 0 Å². The minimum absolute atomic E-state index is 0. The van der Waals surface area contributed by atoms with Gasteiger partial charge in [0.1, 0.15) is 6.54 Å². The SMILES string of the molecule is OCCCCCCCCc1ccc[n+](CCCCCCCCc2cccnc2)c1.[I-]. The summed E-state index contributed by atoms with van der Waals surface area (Å²) in [6.07, 6.45) is 26.0. The molecule has 30 heavy (non-hydrogen) atoms. The Kier molecular flexibility index (Phi) is 16.9. The van der Waals surface area contributed by atoms with E-state index in [0.717, 1.165) is 13.0 Å². The monoisotopic (exact) mass is 524 g/mol. The third kappa shape index (κ3) is 13.3. The summed E-state index contributed by atoms with van der Waals surface area (Å²) in [4.78, 5) is 4.18. The third-order valence-corrected chi connectivity index (χ3v) is 5.65. The van der Waals surface area contributed by atoms with Crippen LogP contribution < -0.4 is 28.5 Å². The quantitative estimate of drug-likeness (QED) is 0.196. The minimum atomic E-state index is 0. The Labute approximate surface area is 201 Å². The standard InChI is InChI=1S/C26H41N2O.HI/c29-22-12-8-4-2-6-10-16-26-18-14-21-28(24-26)20-11-7-3-1-5-9-15-25-17-13-19-27-23-25;/h13-14,17-19,21,23-24,29H,1-12,15-16,20,22H2;1H/q+1;/p-1. The van der Waals surface area contributed by atoms with Gasteiger partial charge >= 0.3 is 0 Å². The van der Waals surface area contributed by atoms with Crippen LogP contribution in [0.4, 0.5) is 0 Å². The summed E-state index contributed by atoms with van der Waals surface area (Å²) in [7, 11) is 0. The Morgan fingerprint density at radius 3 is 1.97 bits per heavy atom. The summed E-state index contributed by atoms with van der Waals surface area (Å²) in [6.45, 7) is 1.49. The van der Waals surface area contributed by atoms with E-state index in [1.54, 1.807) is 0 Å². The summed E-state index contributed by atoms with van der Waals surface area (Å²) < 4.78 is 2.37. The van der Waals surface area contributed by atoms with Crippen LogP contribution in [0.15, 0.2) is 49.1 Å². The van der Waals surface area contributed by atoms with E-state index in [0.29, 0.717) is 6.61 Å². The fourth-order valence-corrected chi connectivity index (χ4v) is 3.89. The van der Waals surface area contributed by atoms with Crippen LogP contribution in [0, 0.1) is 0 Å². The van der Waals surface area contributed by atoms with Gasteiger partial charge in [0.2, 0.25) is 0 Å². The van der Waals surface area contributed by atoms with Gasteiger partial charge in [0.05, 0.1) is 0 Å². The third-order valence-electron chi connectivity index (χ3n) is 5.65. The number of nitrogens with zero attached hydrogens (tertiary/aromatic N) is 2. The van der Waals surface area contributed by atoms with Gasteiger partial charge < -0.3 is 29.1 Å². The van der Waals surface area contributed by atoms with Gasteiger partial charge in [-0.15, -0.1) is 0 Å². The fourth-order valence-electron chi connectivity index (χ4n) is 3.89. The molecule has 0 aliphatic carbocycles. The van der Waals surface area contributed by atoms with Crippen molar-refractivity contribution in [2.75, 3.05) is 6.61 Å². The lowest BCUT2D eigenvalue weighted by atomic mass is 10.1. The van der Waals surface area contributed by atoms with Crippen LogP contribution >= 0.6 is 0 Å². The van der Waals surface area contributed by atoms with E-state index >= 15 is 0 Å². The molecule has 0 saturated carbocycles. The molecule has 168 valence electrons. The first-order valence-electron chi connectivity index (χ1n) is 11.9. The Morgan fingerprint density at radius 1 is 0.700 bits per heavy atom. The second-order valence-electron chi connectivity index (χ2n) is 8.28. The number of aliphatic hydroxyl groups is 1. The number of rotatable bonds is 17. The highest BCUT2D eigenvalue weighted by Crippen LogP contribution is 2.10. The average molecular weight is 525 g/mol. The van der Waals surface area contributed by atoms with Gasteiger partial charge in [-0.3, -0.25) is 4.98 Å². The molecule has 2 aromatic heterocycles. The second-order valence-corrected chi connectivity index (χ2v) is 8.28. The van der Waals surface area contributed by atoms with Gasteiger partial charge in [0, 0.05) is 37.1 Å². The van der Waals surface area contributed by atoms with Crippen LogP contribution in [0.3, 0.4) is 0 Å². The lowest BCUT2D eigenvalue weighted by molar-refractivity contribution is -0.697. The summed E-state index contributed by atoms with van der Waals surface area (Å²) >= 11 is 0. The molecule has 0 fully saturated rings. The lowest BCUT2D eigenvalue weighted by Gasteiger charge is -2.03. The first kappa shape index (κ1) is 27.0. The maximum atomic E-state index is 8.80. The molecular formula is C26H41IN2O. The van der Waals surface area contributed by atoms with Crippen molar-refractivity contribution in [1.29, 1.82) is 0 Å². The molecule has 0 aliphatic heterocycles. The van der Waals surface area contributed by atoms with E-state index in [9.17, 15) is 0 Å². The first-order valence-corrected chi connectivity index (χ1v) is 11.9. The van der Waals surface area contributed by atoms with Crippen LogP contribution in [-0.2, 0) is 19.4 Å². The fraction of sp³-hybridized carbons (Fsp3) is 0.615. The largest absolute Gasteiger partial charge is 1.00 e. The normalized spacial score (nSPS) is 10.7. The number of pyridine rings is 2. The van der Waals surface area contributed by atoms with Crippen molar-refractivity contribution in [3.05, 3.63) is 60.2 Å². The summed E-state index contributed by atoms with van der Waals surface area (Å²) in [5, 5.41) is 8.80. The highest BCUT2D eigenvalue weighted by Gasteiger charge is 2.03. The molecule has 2 aromatic rings. The number of halogens is 1. The topological polar surface area (TPSA) is 37.0 Å². The number of aryl methyl sites for hydroxylation is 3. The van der Waals surface area contributed by atoms with Crippen molar-refractivity contribution in [3.8, 4) is 0 Å². The molecule has 0 unspecified atom stereocenters. The predicted octanol–water partition coefficient (Wildman–Crippen LogP) is 2.83. The van der Waals surface area contributed by atoms with Gasteiger partial charge in [0.15, 0.2) is 12.4 Å². The van der Waals surface area contributed by atoms with E-state index < -0.39 is 0 Å². The summed E-state index contributed by atoms with van der Waals surface area (Å²) in [5.41, 5.74) is 2.84. The van der Waals surface area contributed by atoms with Crippen LogP contribution in [-0.4, -0.2) is 16.7 Å². The van der Waals surface area contributed by atoms with Gasteiger partial charge in [-0.05, 0) is 56.2 Å². The van der Waals surface area contributed by atoms with Crippen molar-refractivity contribution >= 4 is 0 Å². The van der Waals surface area contributed by atoms with E-state index in [2.05, 4.69) is 40.1 Å². The van der Waals surface area contributed by atoms with Crippen LogP contribution in [0.5, 0.6) is 0 Å². The van der Waals surface area contributed by atoms with Crippen LogP contribution in [0.25, 0.3) is 0 Å². The molecule has 2 rings (SSSR count). The molecule has 3 nitrogen and oxygen atoms in total. The molecular weight excluding hydrogens is 483 g/mol. The van der Waals surface area contributed by atoms with Gasteiger partial charge in [-0.1, -0.05) is 51.0 Å². The zero-order chi connectivity index (χ0) is 20.4. The number of unbranched alkanes of at least 4 members (excludes halogenated alkanes) is 10. The highest BCUT2D eigenvalue weighted by atomic mass is 127. The lowest BCUT2D eigenvalue weighted by Crippen LogP contribution is -3.00. The van der Waals surface area contributed by atoms with Crippen LogP contribution in [0.2, 0.25) is 0 Å². The molecule has 0 bridgehead atoms. The van der Waals surface area contributed by atoms with E-state index in [4.69, 9.17) is 5.11 Å². The van der Waals surface area contributed by atoms with E-state index in [1.165, 1.54) is 94.6 Å². The Balaban J connectivity index is 0.00000450. The average Bonchev–Trinajstić information content (AvgIpc) is 2.76. The first-order chi connectivity index (χ1) is 14.4. The molecule has 0 aromatic carbocycles. The maximum absolute atomic E-state index is 8.80. The highest BCUT2D eigenvalue weighted by molar-refractivity contribution is 5.08. The summed E-state index contributed by atoms with van der Waals surface area (Å²) in [6, 6.07) is 8.68. The molecule has 0 spiro atoms. The Hall–Kier alpha value is -1.01. The number of hydrogen-bond donors (Lipinski definition) is 1. The predicted molar refractivity (Wildman–Crippen MR) is 121 cm³/mol. The number of hydrogen-bond acceptors (Lipinski definition) is 2. The zero-order valence-corrected chi connectivity index (χ0v) is 20.8. The van der Waals surface area contributed by atoms with Crippen LogP contribution in [0.1, 0.15) is 88.2 Å². The molecule has 0 aliphatic rings. The van der Waals surface area contributed by atoms with Gasteiger partial charge in [-0.2, -0.15) is 0 Å². The molecule has 0 amide bonds. The number of aliphatic hydroxyl groups excluding tert-OH is 1. The molecule has 0 saturated heterocycles. The zero-order valence-electron chi connectivity index (χ0n) is 18.7. The molecule has 1 N–H and O–H groups in total. The van der Waals surface area contributed by atoms with Crippen molar-refractivity contribution in [3.63, 3.8) is 0 Å². The van der Waals surface area contributed by atoms with Gasteiger partial charge in [-0.25, -0.2) is 4.57 Å². The Bertz CT molecular complexity index is 636. The second kappa shape index (κ2) is 18.7. The Morgan fingerprint density at radius 2 is 1.30 bits per heavy atom. The van der Waals surface area contributed by atoms with Crippen molar-refractivity contribution in [2.45, 2.75) is 96.4 Å². The van der Waals surface area contributed by atoms with Crippen molar-refractivity contribution < 1.29 is 33.7 Å². The molecule has 0 radical (unpaired) electrons. The molecule has 2 heterocycles. The maximum Gasteiger partial charge on any atom is 0.171 e. The minimum Gasteiger partial charge on any atom is -1.00 e. The van der Waals surface area contributed by atoms with Crippen molar-refractivity contribution in [1.82, 2.24) is 4.98 Å². The van der Waals surface area contributed by atoms with E-state index in [-0.39, 0.29) is 24.0 Å². The van der Waals surface area contributed by atoms with Crippen molar-refractivity contribution in [2.24, 2.45) is 0 Å². The van der Waals surface area contributed by atoms with E-state index in [1.807, 2.05) is 18.5 Å². The smallest absolute Gasteiger partial charge is 0.171 e. The molecule has 0 atom stereocenters. The number of aromatic nitrogens is 2.